The average Bonchev–Trinajstić information content (AvgIpc) is 3.71. The van der Waals surface area contributed by atoms with Gasteiger partial charge in [-0.2, -0.15) is 0 Å². The molecule has 1 aliphatic heterocycles. The molecule has 0 fully saturated rings. The van der Waals surface area contributed by atoms with E-state index in [0.717, 1.165) is 39.4 Å². The minimum Gasteiger partial charge on any atom is -0.464 e. The molecule has 0 spiro atoms. The molecule has 1 aliphatic rings. The molecular formula is C40H27N5O. The van der Waals surface area contributed by atoms with E-state index in [4.69, 9.17) is 19.7 Å². The molecule has 1 unspecified atom stereocenters. The highest BCUT2D eigenvalue weighted by Crippen LogP contribution is 2.41. The Labute approximate surface area is 265 Å². The number of nitrogens with zero attached hydrogens (tertiary/aromatic N) is 4. The summed E-state index contributed by atoms with van der Waals surface area (Å²) in [5, 5.41) is 6.08. The van der Waals surface area contributed by atoms with Crippen molar-refractivity contribution in [2.75, 3.05) is 5.32 Å². The maximum Gasteiger partial charge on any atom is 0.196 e. The predicted molar refractivity (Wildman–Crippen MR) is 184 cm³/mol. The van der Waals surface area contributed by atoms with Crippen molar-refractivity contribution in [1.29, 1.82) is 0 Å². The Bertz CT molecular complexity index is 2270. The molecule has 1 atom stereocenters. The van der Waals surface area contributed by atoms with E-state index in [1.165, 1.54) is 21.8 Å². The summed E-state index contributed by atoms with van der Waals surface area (Å²) in [5.41, 5.74) is 8.13. The van der Waals surface area contributed by atoms with Crippen molar-refractivity contribution in [3.63, 3.8) is 0 Å². The van der Waals surface area contributed by atoms with Crippen LogP contribution in [-0.4, -0.2) is 19.5 Å². The second-order valence-electron chi connectivity index (χ2n) is 11.4. The number of ether oxygens (including phenoxy) is 1. The van der Waals surface area contributed by atoms with E-state index in [1.54, 1.807) is 0 Å². The number of rotatable bonds is 5. The SMILES string of the molecule is c1ccc(-c2nc(-c3ccccc3)nc(-c3ccc4c(c3)NC(c3cccc(-n5c6ccccc6c6ccccc65)c3)O4)n2)cc1. The molecule has 0 bridgehead atoms. The molecule has 9 rings (SSSR count). The summed E-state index contributed by atoms with van der Waals surface area (Å²) in [5.74, 6) is 2.66. The van der Waals surface area contributed by atoms with Crippen LogP contribution in [0.1, 0.15) is 11.8 Å². The topological polar surface area (TPSA) is 64.9 Å². The number of anilines is 1. The Hall–Kier alpha value is -6.27. The molecular weight excluding hydrogens is 566 g/mol. The van der Waals surface area contributed by atoms with Gasteiger partial charge in [0.25, 0.3) is 0 Å². The highest BCUT2D eigenvalue weighted by atomic mass is 16.5. The molecule has 2 aromatic heterocycles. The molecule has 0 saturated carbocycles. The predicted octanol–water partition coefficient (Wildman–Crippen LogP) is 9.47. The van der Waals surface area contributed by atoms with Gasteiger partial charge < -0.3 is 14.6 Å². The van der Waals surface area contributed by atoms with Gasteiger partial charge in [0.2, 0.25) is 0 Å². The number of para-hydroxylation sites is 2. The first-order chi connectivity index (χ1) is 22.8. The van der Waals surface area contributed by atoms with Gasteiger partial charge in [-0.15, -0.1) is 0 Å². The normalized spacial score (nSPS) is 13.8. The van der Waals surface area contributed by atoms with Crippen LogP contribution >= 0.6 is 0 Å². The minimum atomic E-state index is -0.337. The van der Waals surface area contributed by atoms with Gasteiger partial charge in [-0.25, -0.2) is 15.0 Å². The fourth-order valence-corrected chi connectivity index (χ4v) is 6.30. The lowest BCUT2D eigenvalue weighted by Crippen LogP contribution is -2.10. The lowest BCUT2D eigenvalue weighted by molar-refractivity contribution is 0.260. The van der Waals surface area contributed by atoms with E-state index >= 15 is 0 Å². The van der Waals surface area contributed by atoms with Gasteiger partial charge in [0.15, 0.2) is 23.7 Å². The van der Waals surface area contributed by atoms with Crippen molar-refractivity contribution in [1.82, 2.24) is 19.5 Å². The molecule has 46 heavy (non-hydrogen) atoms. The zero-order chi connectivity index (χ0) is 30.5. The Kier molecular flexibility index (Phi) is 6.09. The van der Waals surface area contributed by atoms with E-state index in [1.807, 2.05) is 72.8 Å². The first-order valence-corrected chi connectivity index (χ1v) is 15.3. The van der Waals surface area contributed by atoms with Gasteiger partial charge in [0.1, 0.15) is 5.75 Å². The summed E-state index contributed by atoms with van der Waals surface area (Å²) in [7, 11) is 0. The standard InChI is InChI=1S/C40H27N5O/c1-3-12-26(13-4-1)37-42-38(27-14-5-2-6-15-27)44-39(43-37)28-22-23-36-33(25-28)41-40(46-36)29-16-11-17-30(24-29)45-34-20-9-7-18-31(34)32-19-8-10-21-35(32)45/h1-25,40-41H. The van der Waals surface area contributed by atoms with Crippen LogP contribution in [0.15, 0.2) is 152 Å². The quantitative estimate of drug-likeness (QED) is 0.215. The minimum absolute atomic E-state index is 0.337. The van der Waals surface area contributed by atoms with E-state index in [-0.39, 0.29) is 6.23 Å². The van der Waals surface area contributed by atoms with E-state index < -0.39 is 0 Å². The third-order valence-electron chi connectivity index (χ3n) is 8.48. The summed E-state index contributed by atoms with van der Waals surface area (Å²) in [6, 6.07) is 51.7. The van der Waals surface area contributed by atoms with Gasteiger partial charge in [0, 0.05) is 38.7 Å². The first-order valence-electron chi connectivity index (χ1n) is 15.3. The van der Waals surface area contributed by atoms with Crippen LogP contribution < -0.4 is 10.1 Å². The molecule has 0 amide bonds. The summed E-state index contributed by atoms with van der Waals surface area (Å²) in [6.45, 7) is 0. The second kappa shape index (κ2) is 10.7. The summed E-state index contributed by atoms with van der Waals surface area (Å²) in [6.07, 6.45) is -0.337. The monoisotopic (exact) mass is 593 g/mol. The number of nitrogens with one attached hydrogen (secondary N) is 1. The molecule has 6 nitrogen and oxygen atoms in total. The fourth-order valence-electron chi connectivity index (χ4n) is 6.30. The average molecular weight is 594 g/mol. The Morgan fingerprint density at radius 2 is 1.07 bits per heavy atom. The first kappa shape index (κ1) is 26.2. The molecule has 0 saturated heterocycles. The number of hydrogen-bond acceptors (Lipinski definition) is 5. The summed E-state index contributed by atoms with van der Waals surface area (Å²) >= 11 is 0. The molecule has 0 radical (unpaired) electrons. The molecule has 6 heteroatoms. The highest BCUT2D eigenvalue weighted by molar-refractivity contribution is 6.09. The number of hydrogen-bond donors (Lipinski definition) is 1. The smallest absolute Gasteiger partial charge is 0.196 e. The Morgan fingerprint density at radius 3 is 1.70 bits per heavy atom. The number of aromatic nitrogens is 4. The Balaban J connectivity index is 1.07. The van der Waals surface area contributed by atoms with E-state index in [9.17, 15) is 0 Å². The van der Waals surface area contributed by atoms with Crippen LogP contribution in [0.2, 0.25) is 0 Å². The van der Waals surface area contributed by atoms with Crippen LogP contribution in [0.25, 0.3) is 61.7 Å². The van der Waals surface area contributed by atoms with Gasteiger partial charge in [-0.1, -0.05) is 109 Å². The van der Waals surface area contributed by atoms with Crippen molar-refractivity contribution < 1.29 is 4.74 Å². The zero-order valence-corrected chi connectivity index (χ0v) is 24.7. The van der Waals surface area contributed by atoms with Crippen LogP contribution in [0.4, 0.5) is 5.69 Å². The van der Waals surface area contributed by atoms with Gasteiger partial charge in [0.05, 0.1) is 16.7 Å². The van der Waals surface area contributed by atoms with Crippen molar-refractivity contribution in [2.45, 2.75) is 6.23 Å². The third-order valence-corrected chi connectivity index (χ3v) is 8.48. The largest absolute Gasteiger partial charge is 0.464 e. The van der Waals surface area contributed by atoms with Crippen molar-refractivity contribution in [2.24, 2.45) is 0 Å². The molecule has 8 aromatic rings. The van der Waals surface area contributed by atoms with Crippen LogP contribution in [0.5, 0.6) is 5.75 Å². The fraction of sp³-hybridized carbons (Fsp3) is 0.0250. The number of benzene rings is 6. The molecule has 6 aromatic carbocycles. The van der Waals surface area contributed by atoms with Crippen LogP contribution in [0.3, 0.4) is 0 Å². The molecule has 1 N–H and O–H groups in total. The maximum absolute atomic E-state index is 6.44. The maximum atomic E-state index is 6.44. The van der Waals surface area contributed by atoms with Crippen molar-refractivity contribution in [3.8, 4) is 45.6 Å². The van der Waals surface area contributed by atoms with Gasteiger partial charge >= 0.3 is 0 Å². The third kappa shape index (κ3) is 4.47. The van der Waals surface area contributed by atoms with Gasteiger partial charge in [-0.3, -0.25) is 0 Å². The molecule has 218 valence electrons. The van der Waals surface area contributed by atoms with Crippen molar-refractivity contribution in [3.05, 3.63) is 157 Å². The number of fused-ring (bicyclic) bond motifs is 4. The van der Waals surface area contributed by atoms with E-state index in [0.29, 0.717) is 17.5 Å². The molecule has 0 aliphatic carbocycles. The zero-order valence-electron chi connectivity index (χ0n) is 24.7. The summed E-state index contributed by atoms with van der Waals surface area (Å²) < 4.78 is 8.77. The summed E-state index contributed by atoms with van der Waals surface area (Å²) in [4.78, 5) is 14.6. The lowest BCUT2D eigenvalue weighted by Gasteiger charge is -2.14. The van der Waals surface area contributed by atoms with Gasteiger partial charge in [-0.05, 0) is 42.5 Å². The lowest BCUT2D eigenvalue weighted by atomic mass is 10.1. The van der Waals surface area contributed by atoms with Crippen LogP contribution in [0, 0.1) is 0 Å². The van der Waals surface area contributed by atoms with Crippen LogP contribution in [-0.2, 0) is 0 Å². The van der Waals surface area contributed by atoms with E-state index in [2.05, 4.69) is 88.7 Å². The molecule has 3 heterocycles. The highest BCUT2D eigenvalue weighted by Gasteiger charge is 2.25. The van der Waals surface area contributed by atoms with Crippen molar-refractivity contribution >= 4 is 27.5 Å². The Morgan fingerprint density at radius 1 is 0.500 bits per heavy atom. The second-order valence-corrected chi connectivity index (χ2v) is 11.4.